The van der Waals surface area contributed by atoms with Gasteiger partial charge in [-0.25, -0.2) is 4.79 Å². The quantitative estimate of drug-likeness (QED) is 0.191. The largest absolute Gasteiger partial charge is 0.497 e. The number of fused-ring (bicyclic) bond motifs is 1. The Bertz CT molecular complexity index is 1740. The molecule has 45 heavy (non-hydrogen) atoms. The summed E-state index contributed by atoms with van der Waals surface area (Å²) in [6.45, 7) is -0.0148. The molecule has 228 valence electrons. The van der Waals surface area contributed by atoms with E-state index in [1.165, 1.54) is 16.7 Å². The summed E-state index contributed by atoms with van der Waals surface area (Å²) in [7, 11) is 1.58. The predicted molar refractivity (Wildman–Crippen MR) is 173 cm³/mol. The average molecular weight is 621 g/mol. The smallest absolute Gasteiger partial charge is 0.355 e. The highest BCUT2D eigenvalue weighted by molar-refractivity contribution is 8.00. The number of benzene rings is 4. The van der Waals surface area contributed by atoms with Gasteiger partial charge in [0.1, 0.15) is 29.5 Å². The first-order chi connectivity index (χ1) is 21.9. The minimum atomic E-state index is -0.742. The normalized spacial score (nSPS) is 17.3. The number of aliphatic hydroxyl groups excluding tert-OH is 1. The van der Waals surface area contributed by atoms with Gasteiger partial charge in [-0.1, -0.05) is 84.9 Å². The minimum absolute atomic E-state index is 0.0218. The highest BCUT2D eigenvalue weighted by Gasteiger charge is 2.54. The van der Waals surface area contributed by atoms with E-state index in [4.69, 9.17) is 9.47 Å². The second-order valence-corrected chi connectivity index (χ2v) is 11.9. The number of β-lactam (4-membered cyclic amide) rings is 1. The molecule has 2 aliphatic rings. The molecule has 1 fully saturated rings. The van der Waals surface area contributed by atoms with Crippen LogP contribution >= 0.6 is 11.8 Å². The molecule has 0 bridgehead atoms. The Hall–Kier alpha value is -4.86. The maximum Gasteiger partial charge on any atom is 0.355 e. The summed E-state index contributed by atoms with van der Waals surface area (Å²) >= 11 is 1.51. The standard InChI is InChI=1S/C36H32N2O6S/c1-43-29-16-12-25(13-17-29)21-44-36(42)33-30(28-9-5-8-27(19-28)26-14-10-24(20-39)11-15-26)22-45-35-32(34(41)38(33)35)37-31(40)18-23-6-3-2-4-7-23/h2-17,19,32,35,39H,18,20-22H2,1H3,(H,37,40)/t32-,35+/m1/s1. The second-order valence-electron chi connectivity index (χ2n) is 10.8. The zero-order valence-electron chi connectivity index (χ0n) is 24.6. The van der Waals surface area contributed by atoms with Crippen molar-refractivity contribution in [1.29, 1.82) is 0 Å². The third-order valence-corrected chi connectivity index (χ3v) is 9.18. The number of carbonyl (C=O) groups is 3. The van der Waals surface area contributed by atoms with Crippen LogP contribution in [0.5, 0.6) is 5.75 Å². The van der Waals surface area contributed by atoms with Crippen LogP contribution in [0.25, 0.3) is 16.7 Å². The lowest BCUT2D eigenvalue weighted by atomic mass is 9.95. The van der Waals surface area contributed by atoms with Crippen molar-refractivity contribution in [2.24, 2.45) is 0 Å². The first-order valence-corrected chi connectivity index (χ1v) is 15.6. The van der Waals surface area contributed by atoms with Crippen molar-refractivity contribution in [3.63, 3.8) is 0 Å². The van der Waals surface area contributed by atoms with Gasteiger partial charge < -0.3 is 19.9 Å². The lowest BCUT2D eigenvalue weighted by Crippen LogP contribution is -2.70. The Morgan fingerprint density at radius 1 is 0.867 bits per heavy atom. The number of amides is 2. The van der Waals surface area contributed by atoms with Crippen LogP contribution in [0.1, 0.15) is 22.3 Å². The van der Waals surface area contributed by atoms with E-state index >= 15 is 0 Å². The van der Waals surface area contributed by atoms with E-state index < -0.39 is 17.4 Å². The molecule has 6 rings (SSSR count). The molecule has 0 spiro atoms. The van der Waals surface area contributed by atoms with E-state index in [9.17, 15) is 19.5 Å². The molecule has 8 nitrogen and oxygen atoms in total. The Labute approximate surface area is 265 Å². The number of methoxy groups -OCH3 is 1. The molecule has 4 aromatic carbocycles. The van der Waals surface area contributed by atoms with Gasteiger partial charge in [-0.05, 0) is 51.6 Å². The number of hydrogen-bond acceptors (Lipinski definition) is 7. The number of nitrogens with zero attached hydrogens (tertiary/aromatic N) is 1. The molecule has 2 N–H and O–H groups in total. The van der Waals surface area contributed by atoms with E-state index in [2.05, 4.69) is 5.32 Å². The van der Waals surface area contributed by atoms with E-state index in [0.717, 1.165) is 33.4 Å². The number of ether oxygens (including phenoxy) is 2. The van der Waals surface area contributed by atoms with Crippen molar-refractivity contribution >= 4 is 35.1 Å². The van der Waals surface area contributed by atoms with Crippen LogP contribution in [-0.2, 0) is 38.8 Å². The minimum Gasteiger partial charge on any atom is -0.497 e. The SMILES string of the molecule is COc1ccc(COC(=O)C2=C(c3cccc(-c4ccc(CO)cc4)c3)CS[C@H]3[C@H](NC(=O)Cc4ccccc4)C(=O)N23)cc1. The van der Waals surface area contributed by atoms with Gasteiger partial charge >= 0.3 is 5.97 Å². The fourth-order valence-corrected chi connectivity index (χ4v) is 6.84. The van der Waals surface area contributed by atoms with Gasteiger partial charge in [0.15, 0.2) is 0 Å². The summed E-state index contributed by atoms with van der Waals surface area (Å²) < 4.78 is 11.0. The molecule has 2 aliphatic heterocycles. The van der Waals surface area contributed by atoms with Crippen LogP contribution in [0.2, 0.25) is 0 Å². The molecule has 2 atom stereocenters. The summed E-state index contributed by atoms with van der Waals surface area (Å²) in [5.41, 5.74) is 6.02. The number of rotatable bonds is 10. The molecule has 4 aromatic rings. The maximum atomic E-state index is 13.8. The molecule has 0 unspecified atom stereocenters. The zero-order chi connectivity index (χ0) is 31.3. The molecule has 2 heterocycles. The first kappa shape index (κ1) is 30.2. The lowest BCUT2D eigenvalue weighted by molar-refractivity contribution is -0.153. The lowest BCUT2D eigenvalue weighted by Gasteiger charge is -2.49. The van der Waals surface area contributed by atoms with Gasteiger partial charge in [-0.15, -0.1) is 11.8 Å². The predicted octanol–water partition coefficient (Wildman–Crippen LogP) is 4.95. The van der Waals surface area contributed by atoms with Gasteiger partial charge in [0, 0.05) is 11.3 Å². The third-order valence-electron chi connectivity index (χ3n) is 7.90. The molecule has 0 radical (unpaired) electrons. The van der Waals surface area contributed by atoms with Gasteiger partial charge in [-0.3, -0.25) is 14.5 Å². The van der Waals surface area contributed by atoms with E-state index in [1.807, 2.05) is 91.0 Å². The van der Waals surface area contributed by atoms with Crippen LogP contribution in [0.4, 0.5) is 0 Å². The van der Waals surface area contributed by atoms with E-state index in [-0.39, 0.29) is 37.1 Å². The van der Waals surface area contributed by atoms with Gasteiger partial charge in [-0.2, -0.15) is 0 Å². The first-order valence-electron chi connectivity index (χ1n) is 14.6. The fourth-order valence-electron chi connectivity index (χ4n) is 5.46. The number of hydrogen-bond donors (Lipinski definition) is 2. The van der Waals surface area contributed by atoms with Crippen molar-refractivity contribution in [1.82, 2.24) is 10.2 Å². The number of carbonyl (C=O) groups excluding carboxylic acids is 3. The van der Waals surface area contributed by atoms with Crippen LogP contribution in [0.3, 0.4) is 0 Å². The molecule has 9 heteroatoms. The van der Waals surface area contributed by atoms with Gasteiger partial charge in [0.2, 0.25) is 5.91 Å². The number of aliphatic hydroxyl groups is 1. The van der Waals surface area contributed by atoms with E-state index in [0.29, 0.717) is 17.1 Å². The van der Waals surface area contributed by atoms with Crippen LogP contribution in [0, 0.1) is 0 Å². The summed E-state index contributed by atoms with van der Waals surface area (Å²) in [6.07, 6.45) is 0.159. The highest BCUT2D eigenvalue weighted by Crippen LogP contribution is 2.44. The summed E-state index contributed by atoms with van der Waals surface area (Å²) in [5, 5.41) is 11.9. The number of thioether (sulfide) groups is 1. The Morgan fingerprint density at radius 2 is 1.58 bits per heavy atom. The topological polar surface area (TPSA) is 105 Å². The van der Waals surface area contributed by atoms with Crippen LogP contribution in [0.15, 0.2) is 109 Å². The molecule has 0 saturated carbocycles. The van der Waals surface area contributed by atoms with Crippen LogP contribution in [-0.4, -0.2) is 52.1 Å². The molecule has 1 saturated heterocycles. The summed E-state index contributed by atoms with van der Waals surface area (Å²) in [4.78, 5) is 41.7. The highest BCUT2D eigenvalue weighted by atomic mass is 32.2. The molecular formula is C36H32N2O6S. The van der Waals surface area contributed by atoms with Crippen molar-refractivity contribution in [3.8, 4) is 16.9 Å². The number of nitrogens with one attached hydrogen (secondary N) is 1. The number of esters is 1. The Balaban J connectivity index is 1.28. The third kappa shape index (κ3) is 6.50. The van der Waals surface area contributed by atoms with Crippen molar-refractivity contribution in [3.05, 3.63) is 131 Å². The van der Waals surface area contributed by atoms with Gasteiger partial charge in [0.05, 0.1) is 20.1 Å². The Morgan fingerprint density at radius 3 is 2.29 bits per heavy atom. The molecule has 2 amide bonds. The van der Waals surface area contributed by atoms with Gasteiger partial charge in [0.25, 0.3) is 5.91 Å². The molecule has 0 aliphatic carbocycles. The summed E-state index contributed by atoms with van der Waals surface area (Å²) in [6, 6.07) is 31.3. The fraction of sp³-hybridized carbons (Fsp3) is 0.194. The zero-order valence-corrected chi connectivity index (χ0v) is 25.5. The van der Waals surface area contributed by atoms with E-state index in [1.54, 1.807) is 19.2 Å². The van der Waals surface area contributed by atoms with Crippen molar-refractivity contribution < 1.29 is 29.0 Å². The second kappa shape index (κ2) is 13.4. The summed E-state index contributed by atoms with van der Waals surface area (Å²) in [5.74, 6) is -0.0680. The monoisotopic (exact) mass is 620 g/mol. The van der Waals surface area contributed by atoms with Crippen LogP contribution < -0.4 is 10.1 Å². The van der Waals surface area contributed by atoms with Crippen molar-refractivity contribution in [2.75, 3.05) is 12.9 Å². The van der Waals surface area contributed by atoms with Crippen molar-refractivity contribution in [2.45, 2.75) is 31.1 Å². The Kier molecular flexibility index (Phi) is 9.00. The molecular weight excluding hydrogens is 588 g/mol. The maximum absolute atomic E-state index is 13.8. The molecule has 0 aromatic heterocycles. The average Bonchev–Trinajstić information content (AvgIpc) is 3.09.